The molecule has 0 unspecified atom stereocenters. The van der Waals surface area contributed by atoms with Crippen LogP contribution >= 0.6 is 28.3 Å². The van der Waals surface area contributed by atoms with E-state index < -0.39 is 0 Å². The minimum atomic E-state index is 0.494. The van der Waals surface area contributed by atoms with Crippen molar-refractivity contribution >= 4 is 28.3 Å². The fourth-order valence-corrected chi connectivity index (χ4v) is 3.43. The van der Waals surface area contributed by atoms with Crippen molar-refractivity contribution in [1.29, 1.82) is 0 Å². The van der Waals surface area contributed by atoms with E-state index >= 15 is 0 Å². The van der Waals surface area contributed by atoms with Crippen LogP contribution in [0.15, 0.2) is 24.3 Å². The van der Waals surface area contributed by atoms with Crippen LogP contribution in [0.3, 0.4) is 0 Å². The van der Waals surface area contributed by atoms with Crippen molar-refractivity contribution in [1.82, 2.24) is 0 Å². The molecule has 0 aromatic heterocycles. The van der Waals surface area contributed by atoms with Gasteiger partial charge in [-0.1, -0.05) is 52.0 Å². The van der Waals surface area contributed by atoms with Gasteiger partial charge in [0, 0.05) is 28.3 Å². The molecule has 3 aliphatic carbocycles. The number of hydrogen-bond donors (Lipinski definition) is 0. The second kappa shape index (κ2) is 6.56. The first-order chi connectivity index (χ1) is 8.64. The molecule has 4 rings (SSSR count). The van der Waals surface area contributed by atoms with Gasteiger partial charge < -0.3 is 0 Å². The van der Waals surface area contributed by atoms with Gasteiger partial charge >= 0.3 is 0 Å². The van der Waals surface area contributed by atoms with Crippen molar-refractivity contribution in [3.8, 4) is 0 Å². The quantitative estimate of drug-likeness (QED) is 0.484. The van der Waals surface area contributed by atoms with Crippen LogP contribution in [0.1, 0.15) is 64.5 Å². The van der Waals surface area contributed by atoms with Crippen LogP contribution in [-0.4, -0.2) is 0 Å². The van der Waals surface area contributed by atoms with E-state index in [0.717, 1.165) is 0 Å². The minimum Gasteiger partial charge on any atom is -0.0683 e. The van der Waals surface area contributed by atoms with Crippen LogP contribution in [0.5, 0.6) is 0 Å². The zero-order chi connectivity index (χ0) is 13.8. The summed E-state index contributed by atoms with van der Waals surface area (Å²) >= 11 is 5.50. The molecule has 2 heteroatoms. The fourth-order valence-electron chi connectivity index (χ4n) is 3.43. The standard InChI is InChI=1S/C14H18.C2H6.Br2/c1-13-7-9-14(2,10-8-13)12-6-4-3-5-11(12)13;2*1-2/h3-6H,7-10H2,1-2H3;1-2H3;. The molecular formula is C16H24Br2. The van der Waals surface area contributed by atoms with Gasteiger partial charge in [-0.15, -0.1) is 0 Å². The fraction of sp³-hybridized carbons (Fsp3) is 0.625. The summed E-state index contributed by atoms with van der Waals surface area (Å²) in [4.78, 5) is 0. The average Bonchev–Trinajstić information content (AvgIpc) is 2.46. The first-order valence-electron chi connectivity index (χ1n) is 6.88. The summed E-state index contributed by atoms with van der Waals surface area (Å²) in [5.74, 6) is 0. The van der Waals surface area contributed by atoms with Crippen molar-refractivity contribution in [2.45, 2.75) is 64.2 Å². The summed E-state index contributed by atoms with van der Waals surface area (Å²) in [5.41, 5.74) is 4.27. The lowest BCUT2D eigenvalue weighted by Gasteiger charge is -2.52. The lowest BCUT2D eigenvalue weighted by molar-refractivity contribution is 0.188. The Morgan fingerprint density at radius 1 is 0.778 bits per heavy atom. The summed E-state index contributed by atoms with van der Waals surface area (Å²) in [5, 5.41) is 0. The number of halogens is 2. The van der Waals surface area contributed by atoms with Gasteiger partial charge in [-0.2, -0.15) is 0 Å². The van der Waals surface area contributed by atoms with Gasteiger partial charge in [-0.05, 0) is 47.6 Å². The van der Waals surface area contributed by atoms with Gasteiger partial charge in [0.25, 0.3) is 0 Å². The molecule has 2 bridgehead atoms. The molecule has 0 heterocycles. The van der Waals surface area contributed by atoms with Crippen LogP contribution in [0.25, 0.3) is 0 Å². The number of hydrogen-bond acceptors (Lipinski definition) is 0. The van der Waals surface area contributed by atoms with E-state index in [1.54, 1.807) is 11.1 Å². The molecule has 0 nitrogen and oxygen atoms in total. The van der Waals surface area contributed by atoms with Gasteiger partial charge in [0.15, 0.2) is 0 Å². The topological polar surface area (TPSA) is 0 Å². The average molecular weight is 376 g/mol. The Kier molecular flexibility index (Phi) is 5.92. The molecule has 0 spiro atoms. The van der Waals surface area contributed by atoms with Crippen molar-refractivity contribution in [3.63, 3.8) is 0 Å². The predicted octanol–water partition coefficient (Wildman–Crippen LogP) is 6.51. The second-order valence-electron chi connectivity index (χ2n) is 5.67. The monoisotopic (exact) mass is 374 g/mol. The lowest BCUT2D eigenvalue weighted by Crippen LogP contribution is -2.43. The summed E-state index contributed by atoms with van der Waals surface area (Å²) < 4.78 is 0. The third kappa shape index (κ3) is 2.70. The van der Waals surface area contributed by atoms with Crippen molar-refractivity contribution in [3.05, 3.63) is 35.4 Å². The summed E-state index contributed by atoms with van der Waals surface area (Å²) in [6, 6.07) is 9.11. The third-order valence-corrected chi connectivity index (χ3v) is 4.68. The molecule has 0 atom stereocenters. The highest BCUT2D eigenvalue weighted by Crippen LogP contribution is 2.55. The normalized spacial score (nSPS) is 31.4. The molecule has 1 saturated carbocycles. The molecule has 1 aromatic carbocycles. The summed E-state index contributed by atoms with van der Waals surface area (Å²) in [6.45, 7) is 8.90. The van der Waals surface area contributed by atoms with Crippen molar-refractivity contribution in [2.24, 2.45) is 0 Å². The van der Waals surface area contributed by atoms with Gasteiger partial charge in [0.2, 0.25) is 0 Å². The molecule has 0 radical (unpaired) electrons. The van der Waals surface area contributed by atoms with Crippen LogP contribution in [-0.2, 0) is 10.8 Å². The maximum absolute atomic E-state index is 2.75. The van der Waals surface area contributed by atoms with E-state index in [-0.39, 0.29) is 0 Å². The zero-order valence-electron chi connectivity index (χ0n) is 11.9. The van der Waals surface area contributed by atoms with E-state index in [2.05, 4.69) is 66.4 Å². The van der Waals surface area contributed by atoms with Crippen molar-refractivity contribution in [2.75, 3.05) is 0 Å². The SMILES string of the molecule is BrBr.CC.CC12CCC(C)(CC1)c1ccccc12. The van der Waals surface area contributed by atoms with Crippen LogP contribution in [0, 0.1) is 0 Å². The van der Waals surface area contributed by atoms with E-state index in [9.17, 15) is 0 Å². The predicted molar refractivity (Wildman–Crippen MR) is 88.8 cm³/mol. The maximum Gasteiger partial charge on any atom is 0 e. The molecule has 1 aromatic rings. The smallest absolute Gasteiger partial charge is 0 e. The Hall–Kier alpha value is 0.180. The maximum atomic E-state index is 2.75. The summed E-state index contributed by atoms with van der Waals surface area (Å²) in [6.07, 6.45) is 5.56. The van der Waals surface area contributed by atoms with E-state index in [1.807, 2.05) is 13.8 Å². The van der Waals surface area contributed by atoms with E-state index in [4.69, 9.17) is 0 Å². The van der Waals surface area contributed by atoms with Gasteiger partial charge in [-0.25, -0.2) is 0 Å². The molecule has 102 valence electrons. The third-order valence-electron chi connectivity index (χ3n) is 4.68. The molecule has 3 aliphatic rings. The molecule has 0 aliphatic heterocycles. The molecule has 1 fully saturated rings. The lowest BCUT2D eigenvalue weighted by atomic mass is 9.53. The Balaban J connectivity index is 0.000000371. The Morgan fingerprint density at radius 2 is 1.06 bits per heavy atom. The Labute approximate surface area is 127 Å². The number of benzene rings is 1. The van der Waals surface area contributed by atoms with Crippen LogP contribution in [0.2, 0.25) is 0 Å². The molecule has 0 amide bonds. The molecule has 0 saturated heterocycles. The van der Waals surface area contributed by atoms with Gasteiger partial charge in [0.1, 0.15) is 0 Å². The zero-order valence-corrected chi connectivity index (χ0v) is 15.1. The highest BCUT2D eigenvalue weighted by Gasteiger charge is 2.46. The van der Waals surface area contributed by atoms with Gasteiger partial charge in [-0.3, -0.25) is 0 Å². The second-order valence-corrected chi connectivity index (χ2v) is 5.67. The number of fused-ring (bicyclic) bond motifs is 2. The molecule has 18 heavy (non-hydrogen) atoms. The van der Waals surface area contributed by atoms with E-state index in [0.29, 0.717) is 10.8 Å². The highest BCUT2D eigenvalue weighted by atomic mass is 80.9. The first-order valence-corrected chi connectivity index (χ1v) is 10.6. The van der Waals surface area contributed by atoms with Crippen molar-refractivity contribution < 1.29 is 0 Å². The largest absolute Gasteiger partial charge is 0.0683 e. The minimum absolute atomic E-state index is 0.494. The Bertz CT molecular complexity index is 339. The van der Waals surface area contributed by atoms with Crippen LogP contribution in [0.4, 0.5) is 0 Å². The summed E-state index contributed by atoms with van der Waals surface area (Å²) in [7, 11) is 0. The van der Waals surface area contributed by atoms with Gasteiger partial charge in [0.05, 0.1) is 0 Å². The highest BCUT2D eigenvalue weighted by molar-refractivity contribution is 9.93. The first kappa shape index (κ1) is 16.2. The van der Waals surface area contributed by atoms with Crippen LogP contribution < -0.4 is 0 Å². The van der Waals surface area contributed by atoms with E-state index in [1.165, 1.54) is 25.7 Å². The number of rotatable bonds is 0. The Morgan fingerprint density at radius 3 is 1.33 bits per heavy atom. The molecular weight excluding hydrogens is 352 g/mol. The molecule has 0 N–H and O–H groups in total.